The Morgan fingerprint density at radius 3 is 2.52 bits per heavy atom. The zero-order chi connectivity index (χ0) is 22.1. The van der Waals surface area contributed by atoms with Crippen LogP contribution in [0.3, 0.4) is 0 Å². The third-order valence-electron chi connectivity index (χ3n) is 4.69. The van der Waals surface area contributed by atoms with Gasteiger partial charge >= 0.3 is 5.97 Å². The van der Waals surface area contributed by atoms with Crippen LogP contribution in [0.5, 0.6) is 5.75 Å². The van der Waals surface area contributed by atoms with Gasteiger partial charge in [0, 0.05) is 24.4 Å². The van der Waals surface area contributed by atoms with Crippen molar-refractivity contribution in [1.82, 2.24) is 9.55 Å². The van der Waals surface area contributed by atoms with E-state index in [2.05, 4.69) is 10.1 Å². The zero-order valence-corrected chi connectivity index (χ0v) is 17.1. The minimum absolute atomic E-state index is 0.0889. The average molecular weight is 425 g/mol. The van der Waals surface area contributed by atoms with Gasteiger partial charge in [-0.25, -0.2) is 9.37 Å². The second kappa shape index (κ2) is 10.9. The van der Waals surface area contributed by atoms with Crippen molar-refractivity contribution in [3.05, 3.63) is 84.2 Å². The topological polar surface area (TPSA) is 85.9 Å². The van der Waals surface area contributed by atoms with E-state index in [0.29, 0.717) is 24.3 Å². The van der Waals surface area contributed by atoms with Gasteiger partial charge in [0.25, 0.3) is 0 Å². The van der Waals surface area contributed by atoms with Crippen LogP contribution in [0.4, 0.5) is 4.39 Å². The summed E-state index contributed by atoms with van der Waals surface area (Å²) < 4.78 is 20.7. The molecule has 1 unspecified atom stereocenters. The SMILES string of the molecule is COc1ccc(/C(=N/OCCCCC(=O)O)C(c2ccc(F)cc2)n2ccnc2)cc1. The normalized spacial score (nSPS) is 12.4. The molecule has 1 aromatic heterocycles. The van der Waals surface area contributed by atoms with E-state index in [9.17, 15) is 9.18 Å². The molecule has 1 heterocycles. The van der Waals surface area contributed by atoms with Crippen LogP contribution >= 0.6 is 0 Å². The van der Waals surface area contributed by atoms with Crippen molar-refractivity contribution < 1.29 is 23.9 Å². The summed E-state index contributed by atoms with van der Waals surface area (Å²) in [7, 11) is 1.59. The van der Waals surface area contributed by atoms with Gasteiger partial charge in [-0.05, 0) is 54.8 Å². The van der Waals surface area contributed by atoms with Crippen LogP contribution in [-0.2, 0) is 9.63 Å². The van der Waals surface area contributed by atoms with Crippen molar-refractivity contribution in [2.45, 2.75) is 25.3 Å². The fourth-order valence-electron chi connectivity index (χ4n) is 3.12. The van der Waals surface area contributed by atoms with Crippen molar-refractivity contribution in [1.29, 1.82) is 0 Å². The van der Waals surface area contributed by atoms with Gasteiger partial charge in [-0.2, -0.15) is 0 Å². The number of ether oxygens (including phenoxy) is 1. The molecule has 0 aliphatic rings. The molecule has 0 amide bonds. The summed E-state index contributed by atoms with van der Waals surface area (Å²) in [6, 6.07) is 13.2. The quantitative estimate of drug-likeness (QED) is 0.281. The van der Waals surface area contributed by atoms with E-state index >= 15 is 0 Å². The van der Waals surface area contributed by atoms with Crippen LogP contribution in [0.2, 0.25) is 0 Å². The lowest BCUT2D eigenvalue weighted by molar-refractivity contribution is -0.137. The van der Waals surface area contributed by atoms with E-state index < -0.39 is 12.0 Å². The highest BCUT2D eigenvalue weighted by Gasteiger charge is 2.23. The van der Waals surface area contributed by atoms with Crippen LogP contribution in [0.15, 0.2) is 72.4 Å². The third kappa shape index (κ3) is 6.15. The van der Waals surface area contributed by atoms with Crippen molar-refractivity contribution in [2.75, 3.05) is 13.7 Å². The number of oxime groups is 1. The second-order valence-corrected chi connectivity index (χ2v) is 6.85. The molecule has 1 atom stereocenters. The van der Waals surface area contributed by atoms with E-state index in [1.165, 1.54) is 12.1 Å². The highest BCUT2D eigenvalue weighted by Crippen LogP contribution is 2.26. The number of carboxylic acids is 1. The Morgan fingerprint density at radius 1 is 1.16 bits per heavy atom. The third-order valence-corrected chi connectivity index (χ3v) is 4.69. The van der Waals surface area contributed by atoms with Crippen LogP contribution in [0.1, 0.15) is 36.4 Å². The van der Waals surface area contributed by atoms with Gasteiger partial charge in [0.1, 0.15) is 29.9 Å². The summed E-state index contributed by atoms with van der Waals surface area (Å²) in [6.45, 7) is 0.285. The first-order chi connectivity index (χ1) is 15.1. The Balaban J connectivity index is 1.93. The van der Waals surface area contributed by atoms with Gasteiger partial charge in [0.15, 0.2) is 0 Å². The van der Waals surface area contributed by atoms with Crippen molar-refractivity contribution in [3.8, 4) is 5.75 Å². The molecule has 0 bridgehead atoms. The summed E-state index contributed by atoms with van der Waals surface area (Å²) in [5.41, 5.74) is 2.21. The van der Waals surface area contributed by atoms with Gasteiger partial charge < -0.3 is 19.2 Å². The Bertz CT molecular complexity index is 987. The van der Waals surface area contributed by atoms with Gasteiger partial charge in [-0.1, -0.05) is 17.3 Å². The van der Waals surface area contributed by atoms with E-state index in [-0.39, 0.29) is 18.8 Å². The predicted molar refractivity (Wildman–Crippen MR) is 114 cm³/mol. The van der Waals surface area contributed by atoms with Crippen LogP contribution in [-0.4, -0.2) is 40.1 Å². The molecule has 0 saturated heterocycles. The first kappa shape index (κ1) is 22.0. The first-order valence-electron chi connectivity index (χ1n) is 9.87. The highest BCUT2D eigenvalue weighted by molar-refractivity contribution is 6.04. The van der Waals surface area contributed by atoms with E-state index in [0.717, 1.165) is 11.1 Å². The molecule has 162 valence electrons. The Morgan fingerprint density at radius 2 is 1.90 bits per heavy atom. The Labute approximate surface area is 179 Å². The lowest BCUT2D eigenvalue weighted by Gasteiger charge is -2.21. The summed E-state index contributed by atoms with van der Waals surface area (Å²) in [5, 5.41) is 13.2. The standard InChI is InChI=1S/C23H24FN3O4/c1-30-20-11-7-17(8-12-20)22(26-31-15-3-2-4-21(28)29)23(27-14-13-25-16-27)18-5-9-19(24)10-6-18/h5-14,16,23H,2-4,15H2,1H3,(H,28,29)/b26-22-. The second-order valence-electron chi connectivity index (χ2n) is 6.85. The predicted octanol–water partition coefficient (Wildman–Crippen LogP) is 4.30. The number of imidazole rings is 1. The lowest BCUT2D eigenvalue weighted by Crippen LogP contribution is -2.21. The maximum Gasteiger partial charge on any atom is 0.303 e. The number of hydrogen-bond donors (Lipinski definition) is 1. The molecule has 0 saturated carbocycles. The molecule has 8 heteroatoms. The maximum absolute atomic E-state index is 13.5. The number of aliphatic carboxylic acids is 1. The molecule has 7 nitrogen and oxygen atoms in total. The van der Waals surface area contributed by atoms with Gasteiger partial charge in [0.05, 0.1) is 13.4 Å². The number of rotatable bonds is 11. The lowest BCUT2D eigenvalue weighted by atomic mass is 9.96. The number of carbonyl (C=O) groups is 1. The monoisotopic (exact) mass is 425 g/mol. The van der Waals surface area contributed by atoms with Crippen LogP contribution in [0.25, 0.3) is 0 Å². The largest absolute Gasteiger partial charge is 0.497 e. The zero-order valence-electron chi connectivity index (χ0n) is 17.1. The minimum atomic E-state index is -0.834. The molecular formula is C23H24FN3O4. The molecule has 0 aliphatic heterocycles. The Hall–Kier alpha value is -3.68. The fourth-order valence-corrected chi connectivity index (χ4v) is 3.12. The molecule has 2 aromatic carbocycles. The molecule has 0 spiro atoms. The van der Waals surface area contributed by atoms with Gasteiger partial charge in [-0.15, -0.1) is 0 Å². The number of carboxylic acid groups (broad SMARTS) is 1. The van der Waals surface area contributed by atoms with E-state index in [4.69, 9.17) is 14.7 Å². The molecule has 1 N–H and O–H groups in total. The number of halogens is 1. The van der Waals surface area contributed by atoms with E-state index in [1.54, 1.807) is 38.0 Å². The number of benzene rings is 2. The molecule has 3 aromatic rings. The maximum atomic E-state index is 13.5. The Kier molecular flexibility index (Phi) is 7.75. The number of nitrogens with zero attached hydrogens (tertiary/aromatic N) is 3. The molecule has 31 heavy (non-hydrogen) atoms. The van der Waals surface area contributed by atoms with Crippen LogP contribution < -0.4 is 4.74 Å². The summed E-state index contributed by atoms with van der Waals surface area (Å²) in [6.07, 6.45) is 6.30. The summed E-state index contributed by atoms with van der Waals surface area (Å²) in [5.74, 6) is -0.455. The number of hydrogen-bond acceptors (Lipinski definition) is 5. The smallest absolute Gasteiger partial charge is 0.303 e. The summed E-state index contributed by atoms with van der Waals surface area (Å²) in [4.78, 5) is 20.4. The number of unbranched alkanes of at least 4 members (excludes halogenated alkanes) is 1. The highest BCUT2D eigenvalue weighted by atomic mass is 19.1. The number of methoxy groups -OCH3 is 1. The van der Waals surface area contributed by atoms with Crippen molar-refractivity contribution >= 4 is 11.7 Å². The first-order valence-corrected chi connectivity index (χ1v) is 9.87. The van der Waals surface area contributed by atoms with Crippen molar-refractivity contribution in [2.24, 2.45) is 5.16 Å². The molecule has 0 radical (unpaired) electrons. The molecule has 0 fully saturated rings. The number of aromatic nitrogens is 2. The summed E-state index contributed by atoms with van der Waals surface area (Å²) >= 11 is 0. The molecular weight excluding hydrogens is 401 g/mol. The molecule has 0 aliphatic carbocycles. The van der Waals surface area contributed by atoms with Crippen molar-refractivity contribution in [3.63, 3.8) is 0 Å². The van der Waals surface area contributed by atoms with Gasteiger partial charge in [0.2, 0.25) is 0 Å². The van der Waals surface area contributed by atoms with E-state index in [1.807, 2.05) is 28.8 Å². The average Bonchev–Trinajstić information content (AvgIpc) is 3.30. The fraction of sp³-hybridized carbons (Fsp3) is 0.261. The minimum Gasteiger partial charge on any atom is -0.497 e. The van der Waals surface area contributed by atoms with Crippen LogP contribution in [0, 0.1) is 5.82 Å². The molecule has 3 rings (SSSR count). The van der Waals surface area contributed by atoms with Gasteiger partial charge in [-0.3, -0.25) is 4.79 Å².